The summed E-state index contributed by atoms with van der Waals surface area (Å²) in [6.07, 6.45) is 8.45. The summed E-state index contributed by atoms with van der Waals surface area (Å²) in [6.45, 7) is 5.78. The number of benzene rings is 1. The van der Waals surface area contributed by atoms with Gasteiger partial charge in [0.05, 0.1) is 6.10 Å². The van der Waals surface area contributed by atoms with E-state index in [1.807, 2.05) is 31.2 Å². The Morgan fingerprint density at radius 1 is 1.43 bits per heavy atom. The second-order valence-electron chi connectivity index (χ2n) is 6.68. The van der Waals surface area contributed by atoms with Gasteiger partial charge in [0.2, 0.25) is 0 Å². The van der Waals surface area contributed by atoms with Gasteiger partial charge in [-0.25, -0.2) is 0 Å². The van der Waals surface area contributed by atoms with E-state index in [4.69, 9.17) is 10.5 Å². The van der Waals surface area contributed by atoms with Crippen molar-refractivity contribution in [1.29, 1.82) is 0 Å². The summed E-state index contributed by atoms with van der Waals surface area (Å²) < 4.78 is 6.21. The quantitative estimate of drug-likeness (QED) is 0.850. The van der Waals surface area contributed by atoms with Crippen LogP contribution in [0.25, 0.3) is 10.8 Å². The Hall–Kier alpha value is -2.07. The Bertz CT molecular complexity index is 771. The van der Waals surface area contributed by atoms with E-state index >= 15 is 0 Å². The molecular weight excluding hydrogens is 288 g/mol. The van der Waals surface area contributed by atoms with Crippen molar-refractivity contribution in [2.45, 2.75) is 50.7 Å². The molecule has 3 rings (SSSR count). The van der Waals surface area contributed by atoms with Gasteiger partial charge in [0.25, 0.3) is 5.56 Å². The summed E-state index contributed by atoms with van der Waals surface area (Å²) in [7, 11) is 0. The predicted molar refractivity (Wildman–Crippen MR) is 93.9 cm³/mol. The molecule has 4 nitrogen and oxygen atoms in total. The zero-order valence-corrected chi connectivity index (χ0v) is 13.6. The van der Waals surface area contributed by atoms with Crippen molar-refractivity contribution in [3.63, 3.8) is 0 Å². The molecule has 0 spiro atoms. The molecule has 23 heavy (non-hydrogen) atoms. The number of rotatable bonds is 4. The molecule has 1 aliphatic carbocycles. The normalized spacial score (nSPS) is 24.5. The topological polar surface area (TPSA) is 68.1 Å². The highest BCUT2D eigenvalue weighted by Crippen LogP contribution is 2.33. The van der Waals surface area contributed by atoms with Gasteiger partial charge in [-0.2, -0.15) is 0 Å². The third-order valence-corrected chi connectivity index (χ3v) is 4.84. The van der Waals surface area contributed by atoms with Crippen molar-refractivity contribution in [2.75, 3.05) is 0 Å². The fraction of sp³-hybridized carbons (Fsp3) is 0.421. The minimum atomic E-state index is -0.118. The molecule has 3 N–H and O–H groups in total. The number of aryl methyl sites for hydroxylation is 1. The fourth-order valence-corrected chi connectivity index (χ4v) is 3.41. The highest BCUT2D eigenvalue weighted by Gasteiger charge is 2.31. The minimum Gasteiger partial charge on any atom is -0.490 e. The van der Waals surface area contributed by atoms with Crippen LogP contribution >= 0.6 is 0 Å². The minimum absolute atomic E-state index is 0.0628. The molecule has 0 aliphatic heterocycles. The smallest absolute Gasteiger partial charge is 0.255 e. The van der Waals surface area contributed by atoms with Gasteiger partial charge in [0, 0.05) is 17.1 Å². The maximum Gasteiger partial charge on any atom is 0.255 e. The summed E-state index contributed by atoms with van der Waals surface area (Å²) in [4.78, 5) is 14.6. The Morgan fingerprint density at radius 2 is 2.17 bits per heavy atom. The molecule has 1 aromatic carbocycles. The van der Waals surface area contributed by atoms with Gasteiger partial charge in [-0.1, -0.05) is 6.08 Å². The number of fused-ring (bicyclic) bond motifs is 1. The van der Waals surface area contributed by atoms with Crippen molar-refractivity contribution in [1.82, 2.24) is 4.98 Å². The first-order valence-electron chi connectivity index (χ1n) is 8.19. The SMILES string of the molecule is C=CC[C@]1(N)CC[C@H](Oc2cc3cc[nH]c(=O)c3cc2C)CC1. The molecular formula is C19H24N2O2. The van der Waals surface area contributed by atoms with Crippen LogP contribution in [-0.2, 0) is 0 Å². The lowest BCUT2D eigenvalue weighted by Crippen LogP contribution is -2.44. The fourth-order valence-electron chi connectivity index (χ4n) is 3.41. The monoisotopic (exact) mass is 312 g/mol. The number of pyridine rings is 1. The third-order valence-electron chi connectivity index (χ3n) is 4.84. The van der Waals surface area contributed by atoms with E-state index in [0.717, 1.165) is 48.8 Å². The predicted octanol–water partition coefficient (Wildman–Crippen LogP) is 3.43. The summed E-state index contributed by atoms with van der Waals surface area (Å²) in [5, 5.41) is 1.61. The number of nitrogens with one attached hydrogen (secondary N) is 1. The summed E-state index contributed by atoms with van der Waals surface area (Å²) >= 11 is 0. The van der Waals surface area contributed by atoms with Crippen molar-refractivity contribution < 1.29 is 4.74 Å². The van der Waals surface area contributed by atoms with E-state index in [0.29, 0.717) is 5.39 Å². The lowest BCUT2D eigenvalue weighted by Gasteiger charge is -2.36. The summed E-state index contributed by atoms with van der Waals surface area (Å²) in [5.74, 6) is 0.862. The molecule has 4 heteroatoms. The number of H-pyrrole nitrogens is 1. The summed E-state index contributed by atoms with van der Waals surface area (Å²) in [6, 6.07) is 5.77. The van der Waals surface area contributed by atoms with E-state index in [2.05, 4.69) is 11.6 Å². The zero-order chi connectivity index (χ0) is 16.4. The molecule has 1 saturated carbocycles. The first-order chi connectivity index (χ1) is 11.0. The molecule has 122 valence electrons. The number of ether oxygens (including phenoxy) is 1. The largest absolute Gasteiger partial charge is 0.490 e. The van der Waals surface area contributed by atoms with Crippen molar-refractivity contribution in [2.24, 2.45) is 5.73 Å². The molecule has 1 fully saturated rings. The summed E-state index contributed by atoms with van der Waals surface area (Å²) in [5.41, 5.74) is 7.19. The van der Waals surface area contributed by atoms with Crippen LogP contribution in [0.2, 0.25) is 0 Å². The average molecular weight is 312 g/mol. The van der Waals surface area contributed by atoms with Crippen molar-refractivity contribution in [3.05, 3.63) is 53.0 Å². The van der Waals surface area contributed by atoms with E-state index in [-0.39, 0.29) is 17.2 Å². The Morgan fingerprint density at radius 3 is 2.87 bits per heavy atom. The Balaban J connectivity index is 1.76. The van der Waals surface area contributed by atoms with E-state index in [1.54, 1.807) is 6.20 Å². The van der Waals surface area contributed by atoms with Crippen LogP contribution in [0.1, 0.15) is 37.7 Å². The number of aromatic amines is 1. The standard InChI is InChI=1S/C19H24N2O2/c1-3-7-19(20)8-4-15(5-9-19)23-17-12-14-6-10-21-18(22)16(14)11-13(17)2/h3,6,10-12,15H,1,4-5,7-9,20H2,2H3,(H,21,22)/t15-,19-. The highest BCUT2D eigenvalue weighted by molar-refractivity contribution is 5.83. The first kappa shape index (κ1) is 15.8. The van der Waals surface area contributed by atoms with Crippen LogP contribution in [0.4, 0.5) is 0 Å². The molecule has 2 aromatic rings. The Labute approximate surface area is 136 Å². The lowest BCUT2D eigenvalue weighted by molar-refractivity contribution is 0.118. The molecule has 0 atom stereocenters. The highest BCUT2D eigenvalue weighted by atomic mass is 16.5. The van der Waals surface area contributed by atoms with Crippen LogP contribution in [0.15, 0.2) is 41.8 Å². The molecule has 0 saturated heterocycles. The second kappa shape index (κ2) is 6.20. The molecule has 1 aliphatic rings. The van der Waals surface area contributed by atoms with Gasteiger partial charge in [-0.3, -0.25) is 4.79 Å². The zero-order valence-electron chi connectivity index (χ0n) is 13.6. The Kier molecular flexibility index (Phi) is 4.26. The first-order valence-corrected chi connectivity index (χ1v) is 8.19. The van der Waals surface area contributed by atoms with E-state index < -0.39 is 0 Å². The van der Waals surface area contributed by atoms with Crippen molar-refractivity contribution in [3.8, 4) is 5.75 Å². The molecule has 1 heterocycles. The van der Waals surface area contributed by atoms with Crippen LogP contribution in [0.3, 0.4) is 0 Å². The van der Waals surface area contributed by atoms with Crippen LogP contribution in [0.5, 0.6) is 5.75 Å². The van der Waals surface area contributed by atoms with E-state index in [9.17, 15) is 4.79 Å². The lowest BCUT2D eigenvalue weighted by atomic mass is 9.79. The molecule has 1 aromatic heterocycles. The van der Waals surface area contributed by atoms with Gasteiger partial charge >= 0.3 is 0 Å². The van der Waals surface area contributed by atoms with Crippen LogP contribution in [0, 0.1) is 6.92 Å². The number of hydrogen-bond donors (Lipinski definition) is 2. The number of nitrogens with two attached hydrogens (primary N) is 1. The van der Waals surface area contributed by atoms with Gasteiger partial charge in [-0.05, 0) is 68.2 Å². The maximum atomic E-state index is 11.8. The molecule has 0 bridgehead atoms. The number of hydrogen-bond acceptors (Lipinski definition) is 3. The number of aromatic nitrogens is 1. The molecule has 0 amide bonds. The second-order valence-corrected chi connectivity index (χ2v) is 6.68. The van der Waals surface area contributed by atoms with Crippen LogP contribution in [-0.4, -0.2) is 16.6 Å². The maximum absolute atomic E-state index is 11.8. The van der Waals surface area contributed by atoms with Gasteiger partial charge in [0.15, 0.2) is 0 Å². The molecule has 0 unspecified atom stereocenters. The molecule has 0 radical (unpaired) electrons. The van der Waals surface area contributed by atoms with Gasteiger partial charge in [-0.15, -0.1) is 6.58 Å². The van der Waals surface area contributed by atoms with Gasteiger partial charge < -0.3 is 15.5 Å². The van der Waals surface area contributed by atoms with Gasteiger partial charge in [0.1, 0.15) is 5.75 Å². The van der Waals surface area contributed by atoms with Crippen LogP contribution < -0.4 is 16.0 Å². The van der Waals surface area contributed by atoms with E-state index in [1.165, 1.54) is 0 Å². The third kappa shape index (κ3) is 3.32. The van der Waals surface area contributed by atoms with Crippen molar-refractivity contribution >= 4 is 10.8 Å². The average Bonchev–Trinajstić information content (AvgIpc) is 2.52.